The highest BCUT2D eigenvalue weighted by Crippen LogP contribution is 2.37. The predicted octanol–water partition coefficient (Wildman–Crippen LogP) is 25.5. The highest BCUT2D eigenvalue weighted by atomic mass is 15.1. The van der Waals surface area contributed by atoms with Crippen molar-refractivity contribution in [2.45, 2.75) is 82.1 Å². The van der Waals surface area contributed by atoms with Gasteiger partial charge in [-0.05, 0) is 240 Å². The van der Waals surface area contributed by atoms with E-state index >= 15 is 0 Å². The van der Waals surface area contributed by atoms with Crippen molar-refractivity contribution < 1.29 is 0 Å². The Balaban J connectivity index is 0.000000266. The van der Waals surface area contributed by atoms with Crippen LogP contribution in [-0.2, 0) is 0 Å². The van der Waals surface area contributed by atoms with Gasteiger partial charge in [-0.1, -0.05) is 231 Å². The van der Waals surface area contributed by atoms with E-state index in [0.29, 0.717) is 0 Å². The molecule has 476 valence electrons. The Morgan fingerprint density at radius 2 is 1.10 bits per heavy atom. The zero-order valence-corrected chi connectivity index (χ0v) is 57.7. The molecule has 0 aromatic heterocycles. The summed E-state index contributed by atoms with van der Waals surface area (Å²) in [5, 5.41) is 0. The zero-order valence-electron chi connectivity index (χ0n) is 57.7. The molecule has 94 heavy (non-hydrogen) atoms. The van der Waals surface area contributed by atoms with E-state index in [4.69, 9.17) is 0 Å². The van der Waals surface area contributed by atoms with Gasteiger partial charge in [0.05, 0.1) is 0 Å². The number of rotatable bonds is 25. The average Bonchev–Trinajstić information content (AvgIpc) is 0.849. The standard InChI is InChI=1S/C46H46N2.C44H50N2/c1-8-15-39(34(5)6)32-42(11-4)48(45-30-21-36(10-3)40(33-45)16-9-2)44-28-24-38(25-29-44)37-22-26-43(27-23-37)47(7)46-20-14-18-35-17-12-13-19-41(46)31-35;1-9-17-35(6)33-41(13-5)45(8)42-27-23-39(24-28-42)40-25-29-43(30-26-40)46(32-31-38(19-11-3)36(7)18-10-2)44(20-12-4)34-37-21-15-14-16-22-37/h8-30,32-33H,3-4,31H2,1-2,5-7H3;9-32,34H,1,33H2,2-8H3/b15-8-,16-9-,42-32+;18-10-,19-11-,20-12-,32-31+,35-17-,38-36-,41-13+,44-34+. The van der Waals surface area contributed by atoms with Crippen molar-refractivity contribution in [1.82, 2.24) is 0 Å². The van der Waals surface area contributed by atoms with Gasteiger partial charge in [0.2, 0.25) is 0 Å². The summed E-state index contributed by atoms with van der Waals surface area (Å²) in [6.07, 6.45) is 56.9. The van der Waals surface area contributed by atoms with Crippen LogP contribution in [0.4, 0.5) is 28.4 Å². The summed E-state index contributed by atoms with van der Waals surface area (Å²) in [5.74, 6) is 0. The lowest BCUT2D eigenvalue weighted by atomic mass is 10.0. The van der Waals surface area contributed by atoms with Crippen LogP contribution in [-0.4, -0.2) is 14.1 Å². The number of allylic oxidation sites excluding steroid dienone is 29. The summed E-state index contributed by atoms with van der Waals surface area (Å²) in [6, 6.07) is 52.2. The van der Waals surface area contributed by atoms with E-state index in [1.54, 1.807) is 0 Å². The topological polar surface area (TPSA) is 13.0 Å². The molecule has 4 heteroatoms. The summed E-state index contributed by atoms with van der Waals surface area (Å²) in [6.45, 7) is 33.0. The third-order valence-electron chi connectivity index (χ3n) is 16.4. The fourth-order valence-electron chi connectivity index (χ4n) is 11.3. The second-order valence-corrected chi connectivity index (χ2v) is 23.3. The van der Waals surface area contributed by atoms with Gasteiger partial charge in [0.1, 0.15) is 0 Å². The van der Waals surface area contributed by atoms with Crippen LogP contribution < -0.4 is 19.6 Å². The van der Waals surface area contributed by atoms with E-state index in [0.717, 1.165) is 80.5 Å². The molecule has 2 aliphatic rings. The Kier molecular flexibility index (Phi) is 27.4. The molecule has 0 radical (unpaired) electrons. The fourth-order valence-corrected chi connectivity index (χ4v) is 11.3. The average molecular weight is 1230 g/mol. The number of likely N-dealkylation sites (N-methyl/N-ethyl adjacent to an activating group) is 1. The van der Waals surface area contributed by atoms with Crippen molar-refractivity contribution in [1.29, 1.82) is 0 Å². The van der Waals surface area contributed by atoms with Gasteiger partial charge in [-0.3, -0.25) is 0 Å². The first-order chi connectivity index (χ1) is 45.7. The maximum absolute atomic E-state index is 4.24. The molecule has 4 nitrogen and oxygen atoms in total. The first kappa shape index (κ1) is 70.8. The van der Waals surface area contributed by atoms with E-state index in [2.05, 4.69) is 388 Å². The predicted molar refractivity (Wildman–Crippen MR) is 418 cm³/mol. The van der Waals surface area contributed by atoms with Gasteiger partial charge in [0, 0.05) is 77.9 Å². The summed E-state index contributed by atoms with van der Waals surface area (Å²) >= 11 is 0. The molecule has 0 atom stereocenters. The Labute approximate surface area is 565 Å². The second kappa shape index (κ2) is 36.4. The molecule has 6 aromatic rings. The van der Waals surface area contributed by atoms with Crippen LogP contribution in [0.3, 0.4) is 0 Å². The molecule has 0 spiro atoms. The summed E-state index contributed by atoms with van der Waals surface area (Å²) in [7, 11) is 4.28. The number of fused-ring (bicyclic) bond motifs is 2. The largest absolute Gasteiger partial charge is 0.348 e. The number of anilines is 5. The Bertz CT molecular complexity index is 4130. The molecule has 2 aliphatic carbocycles. The maximum atomic E-state index is 4.24. The molecule has 0 saturated heterocycles. The third-order valence-corrected chi connectivity index (χ3v) is 16.4. The molecular formula is C90H96N4. The molecule has 8 rings (SSSR count). The van der Waals surface area contributed by atoms with Crippen LogP contribution in [0.1, 0.15) is 98.8 Å². The summed E-state index contributed by atoms with van der Waals surface area (Å²) in [5.41, 5.74) is 26.8. The lowest BCUT2D eigenvalue weighted by Crippen LogP contribution is -2.17. The molecule has 0 aliphatic heterocycles. The van der Waals surface area contributed by atoms with Gasteiger partial charge in [-0.25, -0.2) is 0 Å². The Hall–Kier alpha value is -10.7. The molecule has 0 unspecified atom stereocenters. The van der Waals surface area contributed by atoms with Crippen LogP contribution in [0.15, 0.2) is 367 Å². The van der Waals surface area contributed by atoms with Crippen molar-refractivity contribution in [2.24, 2.45) is 0 Å². The Morgan fingerprint density at radius 1 is 0.521 bits per heavy atom. The monoisotopic (exact) mass is 1230 g/mol. The normalized spacial score (nSPS) is 13.9. The van der Waals surface area contributed by atoms with E-state index in [1.807, 2.05) is 38.1 Å². The van der Waals surface area contributed by atoms with Gasteiger partial charge in [0.25, 0.3) is 0 Å². The maximum Gasteiger partial charge on any atom is 0.0468 e. The minimum atomic E-state index is 0.891. The van der Waals surface area contributed by atoms with E-state index in [-0.39, 0.29) is 0 Å². The van der Waals surface area contributed by atoms with Gasteiger partial charge in [0.15, 0.2) is 0 Å². The van der Waals surface area contributed by atoms with Crippen LogP contribution in [0.25, 0.3) is 40.5 Å². The van der Waals surface area contributed by atoms with Crippen molar-refractivity contribution in [3.05, 3.63) is 384 Å². The van der Waals surface area contributed by atoms with Crippen LogP contribution >= 0.6 is 0 Å². The molecule has 0 heterocycles. The number of hydrogen-bond donors (Lipinski definition) is 0. The number of benzene rings is 6. The lowest BCUT2D eigenvalue weighted by Gasteiger charge is -2.28. The zero-order chi connectivity index (χ0) is 67.4. The van der Waals surface area contributed by atoms with Crippen molar-refractivity contribution in [2.75, 3.05) is 33.7 Å². The van der Waals surface area contributed by atoms with E-state index < -0.39 is 0 Å². The van der Waals surface area contributed by atoms with Crippen molar-refractivity contribution in [3.63, 3.8) is 0 Å². The summed E-state index contributed by atoms with van der Waals surface area (Å²) < 4.78 is 0. The smallest absolute Gasteiger partial charge is 0.0468 e. The Morgan fingerprint density at radius 3 is 1.66 bits per heavy atom. The van der Waals surface area contributed by atoms with E-state index in [1.165, 1.54) is 61.5 Å². The van der Waals surface area contributed by atoms with Gasteiger partial charge >= 0.3 is 0 Å². The molecule has 2 bridgehead atoms. The van der Waals surface area contributed by atoms with Gasteiger partial charge < -0.3 is 19.6 Å². The molecule has 0 saturated carbocycles. The third kappa shape index (κ3) is 19.4. The fraction of sp³-hybridized carbons (Fsp3) is 0.156. The lowest BCUT2D eigenvalue weighted by molar-refractivity contribution is 0.983. The SMILES string of the molecule is C=C/C(=C\C(/C=C\C)=C(C)C)N(c1ccc(-c2ccc(N(C)C3=CC=CC4=CC=CC=C3C4)cc2)cc1)c1ccc(C=C)c(/C=C\C)c1.C=C/C=C(/C)C/C(=C\C)N(C)c1ccc(-c2ccc(N(/C=C/C(/C=C\C)=C(C)\C=C/C)C(/C=C\C)=C/c3ccccc3)cc2)cc1. The molecule has 0 amide bonds. The minimum absolute atomic E-state index is 0.891. The van der Waals surface area contributed by atoms with Gasteiger partial charge in [-0.2, -0.15) is 0 Å². The number of nitrogens with zero attached hydrogens (tertiary/aromatic N) is 4. The highest BCUT2D eigenvalue weighted by molar-refractivity contribution is 5.79. The van der Waals surface area contributed by atoms with Crippen LogP contribution in [0, 0.1) is 0 Å². The number of hydrogen-bond acceptors (Lipinski definition) is 4. The summed E-state index contributed by atoms with van der Waals surface area (Å²) in [4.78, 5) is 9.06. The van der Waals surface area contributed by atoms with Crippen molar-refractivity contribution in [3.8, 4) is 22.3 Å². The molecule has 6 aromatic carbocycles. The molecule has 0 N–H and O–H groups in total. The molecule has 0 fully saturated rings. The first-order valence-electron chi connectivity index (χ1n) is 32.6. The molecular weight excluding hydrogens is 1140 g/mol. The van der Waals surface area contributed by atoms with E-state index in [9.17, 15) is 0 Å². The van der Waals surface area contributed by atoms with Crippen LogP contribution in [0.5, 0.6) is 0 Å². The second-order valence-electron chi connectivity index (χ2n) is 23.3. The minimum Gasteiger partial charge on any atom is -0.348 e. The highest BCUT2D eigenvalue weighted by Gasteiger charge is 2.19. The quantitative estimate of drug-likeness (QED) is 0.0530. The van der Waals surface area contributed by atoms with Crippen LogP contribution in [0.2, 0.25) is 0 Å². The van der Waals surface area contributed by atoms with Gasteiger partial charge in [-0.15, -0.1) is 0 Å². The van der Waals surface area contributed by atoms with Crippen molar-refractivity contribution >= 4 is 46.7 Å². The first-order valence-corrected chi connectivity index (χ1v) is 32.6.